The summed E-state index contributed by atoms with van der Waals surface area (Å²) in [4.78, 5) is 23.0. The van der Waals surface area contributed by atoms with E-state index in [1.54, 1.807) is 38.7 Å². The highest BCUT2D eigenvalue weighted by Gasteiger charge is 2.45. The topological polar surface area (TPSA) is 194 Å². The highest BCUT2D eigenvalue weighted by Crippen LogP contribution is 2.40. The van der Waals surface area contributed by atoms with Gasteiger partial charge in [-0.3, -0.25) is 0 Å². The summed E-state index contributed by atoms with van der Waals surface area (Å²) in [6, 6.07) is 0. The molecule has 0 amide bonds. The molecule has 15 nitrogen and oxygen atoms in total. The average molecular weight is 980 g/mol. The van der Waals surface area contributed by atoms with Crippen molar-refractivity contribution in [3.63, 3.8) is 0 Å². The largest absolute Gasteiger partial charge is 0.458 e. The van der Waals surface area contributed by atoms with Crippen LogP contribution in [0.1, 0.15) is 121 Å². The number of aliphatic hydroxyl groups excluding tert-OH is 2. The normalized spacial score (nSPS) is 36.1. The van der Waals surface area contributed by atoms with Gasteiger partial charge in [0.25, 0.3) is 0 Å². The fraction of sp³-hybridized carbons (Fsp3) is 0.604. The lowest BCUT2D eigenvalue weighted by atomic mass is 9.79. The molecule has 5 aliphatic heterocycles. The number of carbonyl (C=O) groups excluding carboxylic acids is 1. The van der Waals surface area contributed by atoms with Crippen LogP contribution in [-0.2, 0) is 44.4 Å². The summed E-state index contributed by atoms with van der Waals surface area (Å²) in [5.41, 5.74) is 5.28. The molecule has 0 unspecified atom stereocenters. The van der Waals surface area contributed by atoms with Gasteiger partial charge in [-0.15, -0.1) is 0 Å². The van der Waals surface area contributed by atoms with Crippen molar-refractivity contribution >= 4 is 29.7 Å². The third-order valence-electron chi connectivity index (χ3n) is 13.9. The molecule has 4 fully saturated rings. The minimum absolute atomic E-state index is 0.0899. The van der Waals surface area contributed by atoms with Gasteiger partial charge < -0.3 is 57.3 Å². The molecule has 7 heterocycles. The number of fused-ring (bicyclic) bond motifs is 9. The number of esters is 1. The summed E-state index contributed by atoms with van der Waals surface area (Å²) < 4.78 is 55.2. The number of halogens is 1. The first-order chi connectivity index (χ1) is 33.1. The van der Waals surface area contributed by atoms with E-state index >= 15 is 0 Å². The van der Waals surface area contributed by atoms with Crippen molar-refractivity contribution in [3.8, 4) is 0 Å². The summed E-state index contributed by atoms with van der Waals surface area (Å²) >= 11 is 5.68. The van der Waals surface area contributed by atoms with Gasteiger partial charge in [0, 0.05) is 63.3 Å². The monoisotopic (exact) mass is 978 g/mol. The zero-order chi connectivity index (χ0) is 49.2. The van der Waals surface area contributed by atoms with Crippen LogP contribution in [0.15, 0.2) is 92.7 Å². The number of oxazole rings is 2. The maximum Gasteiger partial charge on any atom is 0.330 e. The SMILES string of the molecule is C=C1C[C@@H]2C[C@@H]3C[C@@H](O)C[C@@H](O3)c3coc(n3)/C=C\C[C@H]3O[C@@H](/C(C)=C/c4coc(C[C@]5(O)C[C@H](OC)C[C@H]([C@H](O)/C=C(C)/C=C/[C@@H](C/C=C/Cl)OC)O5)n4)[C@H](C)[C@@H](OC(=O)/C=C\C[C@@H](C1)O2)[C@H]3C. The Hall–Kier alpha value is -4.00. The zero-order valence-corrected chi connectivity index (χ0v) is 41.4. The van der Waals surface area contributed by atoms with Crippen molar-refractivity contribution in [1.82, 2.24) is 9.97 Å². The number of aliphatic hydroxyl groups is 3. The molecule has 69 heavy (non-hydrogen) atoms. The van der Waals surface area contributed by atoms with E-state index in [0.29, 0.717) is 75.1 Å². The van der Waals surface area contributed by atoms with E-state index in [9.17, 15) is 20.1 Å². The molecule has 2 aromatic rings. The summed E-state index contributed by atoms with van der Waals surface area (Å²) in [6.45, 7) is 12.1. The molecule has 3 N–H and O–H groups in total. The Balaban J connectivity index is 1.06. The van der Waals surface area contributed by atoms with E-state index in [2.05, 4.69) is 6.58 Å². The number of carbonyl (C=O) groups is 1. The second-order valence-corrected chi connectivity index (χ2v) is 19.8. The second-order valence-electron chi connectivity index (χ2n) is 19.5. The molecular weight excluding hydrogens is 908 g/mol. The standard InChI is InChI=1S/C53H71ClN2O13/c1-31(16-17-38(61-6)12-10-18-54)21-44(58)47-26-42(62-7)27-53(60,69-47)28-49-55-36(29-63-49)22-33(3)51-35(5)52-34(4)45(67-51)13-9-14-48-56-43(30-64-48)46-24-37(57)23-41(66-46)25-40-20-32(2)19-39(65-40)11-8-15-50(59)68-52/h8-10,14-18,21-22,29-30,34-35,37-42,44-47,51-52,57-58,60H,2,11-13,19-20,23-28H2,1,3-7H3/b14-9-,15-8-,17-16+,18-10+,31-21+,33-22+/t34-,35-,37+,38+,39-,40+,41-,42+,44+,45+,46+,47+,51-,52-,53-/m0/s1. The van der Waals surface area contributed by atoms with Gasteiger partial charge in [0.05, 0.1) is 67.5 Å². The maximum atomic E-state index is 13.6. The molecule has 0 saturated carbocycles. The molecule has 16 heteroatoms. The third-order valence-corrected chi connectivity index (χ3v) is 14.0. The maximum absolute atomic E-state index is 13.6. The summed E-state index contributed by atoms with van der Waals surface area (Å²) in [5, 5.41) is 33.9. The Kier molecular flexibility index (Phi) is 18.7. The number of nitrogens with zero attached hydrogens (tertiary/aromatic N) is 2. The van der Waals surface area contributed by atoms with Crippen molar-refractivity contribution in [3.05, 3.63) is 107 Å². The number of allylic oxidation sites excluding steroid dienone is 2. The van der Waals surface area contributed by atoms with Crippen LogP contribution >= 0.6 is 11.6 Å². The molecule has 4 saturated heterocycles. The molecule has 7 rings (SSSR count). The number of ether oxygens (including phenoxy) is 7. The van der Waals surface area contributed by atoms with Crippen molar-refractivity contribution in [2.75, 3.05) is 14.2 Å². The number of hydrogen-bond donors (Lipinski definition) is 3. The molecular formula is C53H71ClN2O13. The van der Waals surface area contributed by atoms with Crippen LogP contribution in [0.3, 0.4) is 0 Å². The van der Waals surface area contributed by atoms with E-state index in [4.69, 9.17) is 63.6 Å². The van der Waals surface area contributed by atoms with E-state index in [1.165, 1.54) is 17.9 Å². The van der Waals surface area contributed by atoms with Gasteiger partial charge >= 0.3 is 5.97 Å². The molecule has 0 aliphatic carbocycles. The molecule has 8 bridgehead atoms. The Bertz CT molecular complexity index is 2210. The summed E-state index contributed by atoms with van der Waals surface area (Å²) in [6.07, 6.45) is 19.0. The van der Waals surface area contributed by atoms with Crippen LogP contribution in [0.4, 0.5) is 0 Å². The molecule has 0 aromatic carbocycles. The lowest BCUT2D eigenvalue weighted by Gasteiger charge is -2.44. The van der Waals surface area contributed by atoms with Gasteiger partial charge in [0.2, 0.25) is 5.89 Å². The van der Waals surface area contributed by atoms with E-state index in [0.717, 1.165) is 16.7 Å². The average Bonchev–Trinajstić information content (AvgIpc) is 3.96. The molecule has 0 spiro atoms. The number of rotatable bonds is 12. The van der Waals surface area contributed by atoms with E-state index in [-0.39, 0.29) is 61.1 Å². The highest BCUT2D eigenvalue weighted by atomic mass is 35.5. The fourth-order valence-corrected chi connectivity index (χ4v) is 10.5. The molecule has 0 radical (unpaired) electrons. The predicted molar refractivity (Wildman–Crippen MR) is 258 cm³/mol. The number of hydrogen-bond acceptors (Lipinski definition) is 15. The van der Waals surface area contributed by atoms with Gasteiger partial charge in [-0.1, -0.05) is 79.6 Å². The van der Waals surface area contributed by atoms with Gasteiger partial charge in [0.15, 0.2) is 11.7 Å². The van der Waals surface area contributed by atoms with Crippen molar-refractivity contribution in [1.29, 1.82) is 0 Å². The van der Waals surface area contributed by atoms with Crippen LogP contribution < -0.4 is 0 Å². The van der Waals surface area contributed by atoms with E-state index < -0.39 is 54.5 Å². The Labute approximate surface area is 410 Å². The zero-order valence-electron chi connectivity index (χ0n) is 40.7. The Morgan fingerprint density at radius 1 is 0.986 bits per heavy atom. The first-order valence-electron chi connectivity index (χ1n) is 24.3. The Morgan fingerprint density at radius 3 is 2.57 bits per heavy atom. The lowest BCUT2D eigenvalue weighted by Crippen LogP contribution is -2.51. The molecule has 15 atom stereocenters. The highest BCUT2D eigenvalue weighted by molar-refractivity contribution is 6.25. The van der Waals surface area contributed by atoms with Gasteiger partial charge in [-0.2, -0.15) is 0 Å². The lowest BCUT2D eigenvalue weighted by molar-refractivity contribution is -0.286. The van der Waals surface area contributed by atoms with Crippen LogP contribution in [-0.4, -0.2) is 118 Å². The third kappa shape index (κ3) is 14.6. The Morgan fingerprint density at radius 2 is 1.78 bits per heavy atom. The second kappa shape index (κ2) is 24.4. The molecule has 378 valence electrons. The van der Waals surface area contributed by atoms with Crippen molar-refractivity contribution < 1.29 is 62.1 Å². The van der Waals surface area contributed by atoms with Crippen molar-refractivity contribution in [2.24, 2.45) is 11.8 Å². The number of aromatic nitrogens is 2. The van der Waals surface area contributed by atoms with Crippen LogP contribution in [0.25, 0.3) is 12.2 Å². The van der Waals surface area contributed by atoms with Crippen LogP contribution in [0, 0.1) is 11.8 Å². The molecule has 5 aliphatic rings. The first kappa shape index (κ1) is 52.8. The minimum Gasteiger partial charge on any atom is -0.458 e. The molecule has 2 aromatic heterocycles. The van der Waals surface area contributed by atoms with Crippen LogP contribution in [0.5, 0.6) is 0 Å². The number of methoxy groups -OCH3 is 2. The predicted octanol–water partition coefficient (Wildman–Crippen LogP) is 8.60. The van der Waals surface area contributed by atoms with Gasteiger partial charge in [-0.25, -0.2) is 14.8 Å². The fourth-order valence-electron chi connectivity index (χ4n) is 10.4. The van der Waals surface area contributed by atoms with E-state index in [1.807, 2.05) is 58.1 Å². The minimum atomic E-state index is -1.74. The smallest absolute Gasteiger partial charge is 0.330 e. The van der Waals surface area contributed by atoms with Gasteiger partial charge in [-0.05, 0) is 70.1 Å². The van der Waals surface area contributed by atoms with Crippen molar-refractivity contribution in [2.45, 2.75) is 177 Å². The summed E-state index contributed by atoms with van der Waals surface area (Å²) in [5.74, 6) is -1.97. The first-order valence-corrected chi connectivity index (χ1v) is 24.7. The van der Waals surface area contributed by atoms with Gasteiger partial charge in [0.1, 0.15) is 36.1 Å². The summed E-state index contributed by atoms with van der Waals surface area (Å²) in [7, 11) is 3.19. The quantitative estimate of drug-likeness (QED) is 0.104. The van der Waals surface area contributed by atoms with Crippen LogP contribution in [0.2, 0.25) is 0 Å².